The van der Waals surface area contributed by atoms with Crippen LogP contribution in [0.4, 0.5) is 0 Å². The summed E-state index contributed by atoms with van der Waals surface area (Å²) < 4.78 is 1.70. The Hall–Kier alpha value is -0.171. The first kappa shape index (κ1) is 17.2. The van der Waals surface area contributed by atoms with Crippen LogP contribution in [0.5, 0.6) is 0 Å². The second kappa shape index (κ2) is 9.77. The van der Waals surface area contributed by atoms with E-state index in [-0.39, 0.29) is 0 Å². The Balaban J connectivity index is 1.92. The van der Waals surface area contributed by atoms with Gasteiger partial charge in [0.05, 0.1) is 0 Å². The van der Waals surface area contributed by atoms with Gasteiger partial charge in [-0.25, -0.2) is 0 Å². The normalized spacial score (nSPS) is 17.4. The number of allylic oxidation sites excluding steroid dienone is 1. The third kappa shape index (κ3) is 7.08. The Morgan fingerprint density at radius 2 is 1.90 bits per heavy atom. The minimum absolute atomic E-state index is 0.672. The van der Waals surface area contributed by atoms with Gasteiger partial charge in [0.2, 0.25) is 0 Å². The molecule has 0 nitrogen and oxygen atoms in total. The molecule has 0 saturated heterocycles. The van der Waals surface area contributed by atoms with Crippen molar-refractivity contribution in [1.82, 2.24) is 0 Å². The number of rotatable bonds is 7. The van der Waals surface area contributed by atoms with Crippen LogP contribution in [-0.4, -0.2) is 15.0 Å². The zero-order chi connectivity index (χ0) is 14.9. The Bertz CT molecular complexity index is 418. The van der Waals surface area contributed by atoms with E-state index < -0.39 is 0 Å². The van der Waals surface area contributed by atoms with Gasteiger partial charge in [0.1, 0.15) is 0 Å². The topological polar surface area (TPSA) is 0 Å². The van der Waals surface area contributed by atoms with Gasteiger partial charge >= 0.3 is 141 Å². The van der Waals surface area contributed by atoms with Gasteiger partial charge in [0, 0.05) is 0 Å². The van der Waals surface area contributed by atoms with Crippen molar-refractivity contribution in [2.24, 2.45) is 11.8 Å². The molecule has 0 heterocycles. The van der Waals surface area contributed by atoms with Crippen LogP contribution in [0.3, 0.4) is 0 Å². The van der Waals surface area contributed by atoms with Gasteiger partial charge in [-0.3, -0.25) is 0 Å². The van der Waals surface area contributed by atoms with Crippen molar-refractivity contribution in [1.29, 1.82) is 0 Å². The van der Waals surface area contributed by atoms with E-state index in [0.717, 1.165) is 17.6 Å². The maximum atomic E-state index is 2.65. The van der Waals surface area contributed by atoms with Crippen LogP contribution in [0.25, 0.3) is 0 Å². The first-order chi connectivity index (χ1) is 10.2. The number of hydrogen-bond acceptors (Lipinski definition) is 1. The maximum absolute atomic E-state index is 2.65. The SMILES string of the molecule is CC(C)C[Se]/C(=C\C1CCCCC1)SCc1ccccc1. The molecule has 1 aromatic carbocycles. The van der Waals surface area contributed by atoms with Crippen molar-refractivity contribution in [3.63, 3.8) is 0 Å². The second-order valence-electron chi connectivity index (χ2n) is 6.36. The standard InChI is InChI=1S/C19H28SSe/c1-16(2)15-21-19(13-17-9-5-3-6-10-17)20-14-18-11-7-4-8-12-18/h4,7-8,11-13,16-17H,3,5-6,9-10,14-15H2,1-2H3/b19-13-. The van der Waals surface area contributed by atoms with Gasteiger partial charge < -0.3 is 0 Å². The Labute approximate surface area is 141 Å². The van der Waals surface area contributed by atoms with E-state index in [4.69, 9.17) is 0 Å². The molecule has 0 aliphatic heterocycles. The first-order valence-corrected chi connectivity index (χ1v) is 11.3. The molecule has 2 rings (SSSR count). The summed E-state index contributed by atoms with van der Waals surface area (Å²) in [6, 6.07) is 10.9. The third-order valence-electron chi connectivity index (χ3n) is 3.80. The van der Waals surface area contributed by atoms with Gasteiger partial charge in [-0.1, -0.05) is 0 Å². The molecule has 2 heteroatoms. The van der Waals surface area contributed by atoms with Crippen LogP contribution in [-0.2, 0) is 5.75 Å². The molecular weight excluding hydrogens is 339 g/mol. The fraction of sp³-hybridized carbons (Fsp3) is 0.579. The van der Waals surface area contributed by atoms with E-state index in [1.54, 1.807) is 3.80 Å². The molecule has 1 saturated carbocycles. The molecule has 21 heavy (non-hydrogen) atoms. The van der Waals surface area contributed by atoms with Crippen molar-refractivity contribution >= 4 is 26.7 Å². The first-order valence-electron chi connectivity index (χ1n) is 8.25. The molecule has 1 fully saturated rings. The van der Waals surface area contributed by atoms with Crippen molar-refractivity contribution in [3.05, 3.63) is 45.8 Å². The zero-order valence-corrected chi connectivity index (χ0v) is 15.9. The van der Waals surface area contributed by atoms with Crippen LogP contribution in [0.15, 0.2) is 40.2 Å². The molecule has 0 radical (unpaired) electrons. The Morgan fingerprint density at radius 1 is 1.19 bits per heavy atom. The number of thioether (sulfide) groups is 1. The van der Waals surface area contributed by atoms with Crippen LogP contribution >= 0.6 is 11.8 Å². The predicted octanol–water partition coefficient (Wildman–Crippen LogP) is 6.12. The van der Waals surface area contributed by atoms with Crippen LogP contribution < -0.4 is 0 Å². The molecular formula is C19H28SSe. The molecule has 0 spiro atoms. The van der Waals surface area contributed by atoms with E-state index >= 15 is 0 Å². The van der Waals surface area contributed by atoms with Gasteiger partial charge in [-0.15, -0.1) is 0 Å². The minimum atomic E-state index is 0.672. The molecule has 0 unspecified atom stereocenters. The average Bonchev–Trinajstić information content (AvgIpc) is 2.52. The fourth-order valence-electron chi connectivity index (χ4n) is 2.61. The van der Waals surface area contributed by atoms with Crippen molar-refractivity contribution < 1.29 is 0 Å². The van der Waals surface area contributed by atoms with Crippen molar-refractivity contribution in [3.8, 4) is 0 Å². The van der Waals surface area contributed by atoms with E-state index in [1.807, 2.05) is 0 Å². The van der Waals surface area contributed by atoms with Gasteiger partial charge in [0.15, 0.2) is 0 Å². The average molecular weight is 367 g/mol. The summed E-state index contributed by atoms with van der Waals surface area (Å²) in [4.78, 5) is 0. The van der Waals surface area contributed by atoms with Crippen LogP contribution in [0, 0.1) is 11.8 Å². The van der Waals surface area contributed by atoms with E-state index in [9.17, 15) is 0 Å². The summed E-state index contributed by atoms with van der Waals surface area (Å²) in [5.74, 6) is 2.84. The summed E-state index contributed by atoms with van der Waals surface area (Å²) in [5.41, 5.74) is 1.46. The summed E-state index contributed by atoms with van der Waals surface area (Å²) in [6.07, 6.45) is 9.83. The number of hydrogen-bond donors (Lipinski definition) is 0. The molecule has 0 atom stereocenters. The summed E-state index contributed by atoms with van der Waals surface area (Å²) in [6.45, 7) is 4.70. The Morgan fingerprint density at radius 3 is 2.57 bits per heavy atom. The fourth-order valence-corrected chi connectivity index (χ4v) is 6.38. The van der Waals surface area contributed by atoms with E-state index in [0.29, 0.717) is 15.0 Å². The number of benzene rings is 1. The van der Waals surface area contributed by atoms with Crippen LogP contribution in [0.2, 0.25) is 5.32 Å². The summed E-state index contributed by atoms with van der Waals surface area (Å²) >= 11 is 2.77. The quantitative estimate of drug-likeness (QED) is 0.523. The molecule has 1 aliphatic rings. The summed E-state index contributed by atoms with van der Waals surface area (Å²) in [5, 5.41) is 1.38. The van der Waals surface area contributed by atoms with Crippen molar-refractivity contribution in [2.75, 3.05) is 0 Å². The summed E-state index contributed by atoms with van der Waals surface area (Å²) in [7, 11) is 0. The van der Waals surface area contributed by atoms with Gasteiger partial charge in [0.25, 0.3) is 0 Å². The molecule has 1 aliphatic carbocycles. The molecule has 116 valence electrons. The predicted molar refractivity (Wildman–Crippen MR) is 97.8 cm³/mol. The van der Waals surface area contributed by atoms with E-state index in [1.165, 1.54) is 43.0 Å². The molecule has 0 aromatic heterocycles. The second-order valence-corrected chi connectivity index (χ2v) is 10.2. The molecule has 0 bridgehead atoms. The van der Waals surface area contributed by atoms with E-state index in [2.05, 4.69) is 62.0 Å². The molecule has 0 amide bonds. The molecule has 1 aromatic rings. The zero-order valence-electron chi connectivity index (χ0n) is 13.4. The van der Waals surface area contributed by atoms with Crippen molar-refractivity contribution in [2.45, 2.75) is 57.0 Å². The monoisotopic (exact) mass is 368 g/mol. The van der Waals surface area contributed by atoms with Gasteiger partial charge in [-0.05, 0) is 0 Å². The third-order valence-corrected chi connectivity index (χ3v) is 8.69. The van der Waals surface area contributed by atoms with Crippen LogP contribution in [0.1, 0.15) is 51.5 Å². The molecule has 0 N–H and O–H groups in total. The Kier molecular flexibility index (Phi) is 7.99. The van der Waals surface area contributed by atoms with Gasteiger partial charge in [-0.2, -0.15) is 0 Å².